The summed E-state index contributed by atoms with van der Waals surface area (Å²) in [4.78, 5) is 20.2. The number of carbonyl (C=O) groups excluding carboxylic acids is 1. The molecule has 3 rings (SSSR count). The summed E-state index contributed by atoms with van der Waals surface area (Å²) in [5.74, 6) is 2.47. The van der Waals surface area contributed by atoms with Crippen LogP contribution in [-0.4, -0.2) is 22.4 Å². The van der Waals surface area contributed by atoms with Gasteiger partial charge in [-0.05, 0) is 43.3 Å². The summed E-state index contributed by atoms with van der Waals surface area (Å²) in [6, 6.07) is 15.5. The molecule has 0 saturated carbocycles. The minimum atomic E-state index is 0.212. The molecule has 5 nitrogen and oxygen atoms in total. The van der Waals surface area contributed by atoms with Gasteiger partial charge < -0.3 is 10.1 Å². The molecule has 0 aliphatic carbocycles. The van der Waals surface area contributed by atoms with Crippen LogP contribution in [0.2, 0.25) is 0 Å². The van der Waals surface area contributed by atoms with Crippen LogP contribution in [0.4, 0.5) is 11.5 Å². The number of hydrogen-bond donors (Lipinski definition) is 1. The van der Waals surface area contributed by atoms with Crippen molar-refractivity contribution >= 4 is 28.2 Å². The second-order valence-corrected chi connectivity index (χ2v) is 5.78. The fourth-order valence-corrected chi connectivity index (χ4v) is 2.52. The van der Waals surface area contributed by atoms with E-state index < -0.39 is 0 Å². The topological polar surface area (TPSA) is 64.1 Å². The van der Waals surface area contributed by atoms with E-state index >= 15 is 0 Å². The van der Waals surface area contributed by atoms with Crippen LogP contribution in [-0.2, 0) is 4.79 Å². The van der Waals surface area contributed by atoms with Gasteiger partial charge in [-0.1, -0.05) is 19.1 Å². The third-order valence-electron chi connectivity index (χ3n) is 3.88. The van der Waals surface area contributed by atoms with Crippen molar-refractivity contribution in [2.24, 2.45) is 0 Å². The number of carbonyl (C=O) groups is 1. The molecule has 0 spiro atoms. The molecule has 0 atom stereocenters. The van der Waals surface area contributed by atoms with E-state index in [2.05, 4.69) is 15.3 Å². The van der Waals surface area contributed by atoms with Crippen LogP contribution in [0.5, 0.6) is 5.75 Å². The number of para-hydroxylation sites is 1. The first kappa shape index (κ1) is 16.9. The maximum Gasteiger partial charge on any atom is 0.142 e. The van der Waals surface area contributed by atoms with Gasteiger partial charge in [-0.15, -0.1) is 0 Å². The highest BCUT2D eigenvalue weighted by molar-refractivity contribution is 5.90. The fourth-order valence-electron chi connectivity index (χ4n) is 2.52. The third-order valence-corrected chi connectivity index (χ3v) is 3.88. The Morgan fingerprint density at radius 2 is 1.84 bits per heavy atom. The van der Waals surface area contributed by atoms with Gasteiger partial charge in [-0.25, -0.2) is 9.97 Å². The van der Waals surface area contributed by atoms with Crippen molar-refractivity contribution in [2.45, 2.75) is 26.7 Å². The van der Waals surface area contributed by atoms with Crippen molar-refractivity contribution in [3.63, 3.8) is 0 Å². The molecule has 5 heteroatoms. The molecule has 0 aliphatic heterocycles. The molecule has 128 valence electrons. The molecule has 0 amide bonds. The SMILES string of the molecule is CCC(=O)CCOc1ccc(Nc2nc(C)nc3ccccc23)cc1. The number of aryl methyl sites for hydroxylation is 1. The lowest BCUT2D eigenvalue weighted by molar-refractivity contribution is -0.119. The molecular formula is C20H21N3O2. The van der Waals surface area contributed by atoms with Gasteiger partial charge in [0.15, 0.2) is 0 Å². The van der Waals surface area contributed by atoms with E-state index in [-0.39, 0.29) is 5.78 Å². The van der Waals surface area contributed by atoms with E-state index in [9.17, 15) is 4.79 Å². The molecule has 25 heavy (non-hydrogen) atoms. The van der Waals surface area contributed by atoms with Gasteiger partial charge in [0, 0.05) is 23.9 Å². The first-order valence-corrected chi connectivity index (χ1v) is 8.40. The van der Waals surface area contributed by atoms with Gasteiger partial charge in [-0.2, -0.15) is 0 Å². The minimum Gasteiger partial charge on any atom is -0.493 e. The smallest absolute Gasteiger partial charge is 0.142 e. The summed E-state index contributed by atoms with van der Waals surface area (Å²) < 4.78 is 5.60. The number of ether oxygens (including phenoxy) is 1. The van der Waals surface area contributed by atoms with Crippen LogP contribution >= 0.6 is 0 Å². The van der Waals surface area contributed by atoms with Crippen LogP contribution in [0, 0.1) is 6.92 Å². The first-order chi connectivity index (χ1) is 12.2. The quantitative estimate of drug-likeness (QED) is 0.692. The molecule has 0 aliphatic rings. The van der Waals surface area contributed by atoms with Gasteiger partial charge in [0.25, 0.3) is 0 Å². The second kappa shape index (κ2) is 7.75. The molecular weight excluding hydrogens is 314 g/mol. The summed E-state index contributed by atoms with van der Waals surface area (Å²) in [6.45, 7) is 4.16. The highest BCUT2D eigenvalue weighted by Gasteiger charge is 2.06. The molecule has 2 aromatic carbocycles. The Hall–Kier alpha value is -2.95. The number of anilines is 2. The van der Waals surface area contributed by atoms with Crippen molar-refractivity contribution in [1.29, 1.82) is 0 Å². The largest absolute Gasteiger partial charge is 0.493 e. The molecule has 0 bridgehead atoms. The van der Waals surface area contributed by atoms with E-state index in [4.69, 9.17) is 4.74 Å². The predicted molar refractivity (Wildman–Crippen MR) is 99.4 cm³/mol. The molecule has 0 radical (unpaired) electrons. The van der Waals surface area contributed by atoms with E-state index in [0.29, 0.717) is 19.4 Å². The van der Waals surface area contributed by atoms with Crippen molar-refractivity contribution in [2.75, 3.05) is 11.9 Å². The molecule has 1 N–H and O–H groups in total. The summed E-state index contributed by atoms with van der Waals surface area (Å²) in [7, 11) is 0. The lowest BCUT2D eigenvalue weighted by atomic mass is 10.2. The minimum absolute atomic E-state index is 0.212. The zero-order chi connectivity index (χ0) is 17.6. The van der Waals surface area contributed by atoms with E-state index in [1.54, 1.807) is 0 Å². The Bertz CT molecular complexity index is 876. The summed E-state index contributed by atoms with van der Waals surface area (Å²) in [5.41, 5.74) is 1.83. The number of fused-ring (bicyclic) bond motifs is 1. The summed E-state index contributed by atoms with van der Waals surface area (Å²) in [5, 5.41) is 4.32. The molecule has 0 unspecified atom stereocenters. The van der Waals surface area contributed by atoms with Crippen LogP contribution in [0.15, 0.2) is 48.5 Å². The number of hydrogen-bond acceptors (Lipinski definition) is 5. The van der Waals surface area contributed by atoms with Crippen LogP contribution in [0.25, 0.3) is 10.9 Å². The number of nitrogens with zero attached hydrogens (tertiary/aromatic N) is 2. The van der Waals surface area contributed by atoms with E-state index in [1.807, 2.05) is 62.4 Å². The average molecular weight is 335 g/mol. The Morgan fingerprint density at radius 3 is 2.60 bits per heavy atom. The predicted octanol–water partition coefficient (Wildman–Crippen LogP) is 4.43. The Balaban J connectivity index is 1.71. The number of aromatic nitrogens is 2. The summed E-state index contributed by atoms with van der Waals surface area (Å²) >= 11 is 0. The molecule has 0 saturated heterocycles. The monoisotopic (exact) mass is 335 g/mol. The van der Waals surface area contributed by atoms with Gasteiger partial charge in [0.05, 0.1) is 12.1 Å². The Morgan fingerprint density at radius 1 is 1.08 bits per heavy atom. The van der Waals surface area contributed by atoms with Crippen LogP contribution in [0.3, 0.4) is 0 Å². The van der Waals surface area contributed by atoms with Crippen LogP contribution in [0.1, 0.15) is 25.6 Å². The lowest BCUT2D eigenvalue weighted by Crippen LogP contribution is -2.04. The Kier molecular flexibility index (Phi) is 5.23. The van der Waals surface area contributed by atoms with Gasteiger partial charge >= 0.3 is 0 Å². The van der Waals surface area contributed by atoms with Gasteiger partial charge in [-0.3, -0.25) is 4.79 Å². The third kappa shape index (κ3) is 4.32. The molecule has 1 aromatic heterocycles. The van der Waals surface area contributed by atoms with Crippen molar-refractivity contribution < 1.29 is 9.53 Å². The maximum absolute atomic E-state index is 11.3. The fraction of sp³-hybridized carbons (Fsp3) is 0.250. The number of benzene rings is 2. The number of rotatable bonds is 7. The first-order valence-electron chi connectivity index (χ1n) is 8.40. The normalized spacial score (nSPS) is 10.6. The van der Waals surface area contributed by atoms with Crippen molar-refractivity contribution in [3.05, 3.63) is 54.4 Å². The molecule has 3 aromatic rings. The Labute approximate surface area is 147 Å². The van der Waals surface area contributed by atoms with Gasteiger partial charge in [0.1, 0.15) is 23.2 Å². The standard InChI is InChI=1S/C20H21N3O2/c1-3-16(24)12-13-25-17-10-8-15(9-11-17)23-20-18-6-4-5-7-19(18)21-14(2)22-20/h4-11H,3,12-13H2,1-2H3,(H,21,22,23). The zero-order valence-electron chi connectivity index (χ0n) is 14.5. The number of Topliss-reactive ketones (excluding diaryl/α,β-unsaturated/α-hetero) is 1. The molecule has 1 heterocycles. The molecule has 0 fully saturated rings. The highest BCUT2D eigenvalue weighted by Crippen LogP contribution is 2.25. The van der Waals surface area contributed by atoms with E-state index in [1.165, 1.54) is 0 Å². The lowest BCUT2D eigenvalue weighted by Gasteiger charge is -2.11. The van der Waals surface area contributed by atoms with Crippen LogP contribution < -0.4 is 10.1 Å². The zero-order valence-corrected chi connectivity index (χ0v) is 14.5. The van der Waals surface area contributed by atoms with Crippen molar-refractivity contribution in [3.8, 4) is 5.75 Å². The maximum atomic E-state index is 11.3. The van der Waals surface area contributed by atoms with E-state index in [0.717, 1.165) is 34.0 Å². The number of ketones is 1. The van der Waals surface area contributed by atoms with Crippen molar-refractivity contribution in [1.82, 2.24) is 9.97 Å². The highest BCUT2D eigenvalue weighted by atomic mass is 16.5. The van der Waals surface area contributed by atoms with Gasteiger partial charge in [0.2, 0.25) is 0 Å². The summed E-state index contributed by atoms with van der Waals surface area (Å²) in [6.07, 6.45) is 1.00. The average Bonchev–Trinajstić information content (AvgIpc) is 2.63. The second-order valence-electron chi connectivity index (χ2n) is 5.78. The number of nitrogens with one attached hydrogen (secondary N) is 1.